The van der Waals surface area contributed by atoms with Crippen molar-refractivity contribution in [1.29, 1.82) is 0 Å². The SMILES string of the molecule is Cc1nc(C(C)C)c2c(C(C)C)nc(C)c(C)c2n1. The first-order chi connectivity index (χ1) is 8.82. The summed E-state index contributed by atoms with van der Waals surface area (Å²) in [6.07, 6.45) is 0. The highest BCUT2D eigenvalue weighted by molar-refractivity contribution is 5.87. The molecule has 2 aromatic rings. The molecule has 0 spiro atoms. The average molecular weight is 257 g/mol. The maximum absolute atomic E-state index is 4.79. The smallest absolute Gasteiger partial charge is 0.126 e. The first kappa shape index (κ1) is 13.9. The fourth-order valence-corrected chi connectivity index (χ4v) is 2.45. The number of aryl methyl sites for hydroxylation is 3. The zero-order valence-electron chi connectivity index (χ0n) is 13.0. The molecule has 3 nitrogen and oxygen atoms in total. The number of hydrogen-bond acceptors (Lipinski definition) is 3. The summed E-state index contributed by atoms with van der Waals surface area (Å²) in [5, 5.41) is 1.17. The molecule has 102 valence electrons. The summed E-state index contributed by atoms with van der Waals surface area (Å²) < 4.78 is 0. The number of aromatic nitrogens is 3. The van der Waals surface area contributed by atoms with E-state index in [9.17, 15) is 0 Å². The Hall–Kier alpha value is -1.51. The van der Waals surface area contributed by atoms with Gasteiger partial charge in [-0.05, 0) is 38.2 Å². The Morgan fingerprint density at radius 2 is 1.26 bits per heavy atom. The molecule has 0 aliphatic rings. The minimum atomic E-state index is 0.380. The molecule has 0 bridgehead atoms. The van der Waals surface area contributed by atoms with Crippen LogP contribution < -0.4 is 0 Å². The first-order valence-electron chi connectivity index (χ1n) is 6.98. The van der Waals surface area contributed by atoms with E-state index >= 15 is 0 Å². The molecule has 0 saturated heterocycles. The van der Waals surface area contributed by atoms with Crippen LogP contribution in [0.15, 0.2) is 0 Å². The maximum Gasteiger partial charge on any atom is 0.126 e. The molecule has 0 fully saturated rings. The Balaban J connectivity index is 3.00. The highest BCUT2D eigenvalue weighted by Gasteiger charge is 2.19. The molecule has 0 aliphatic heterocycles. The van der Waals surface area contributed by atoms with E-state index in [0.717, 1.165) is 28.4 Å². The van der Waals surface area contributed by atoms with Gasteiger partial charge in [0, 0.05) is 11.1 Å². The summed E-state index contributed by atoms with van der Waals surface area (Å²) in [6, 6.07) is 0. The van der Waals surface area contributed by atoms with Crippen LogP contribution in [-0.4, -0.2) is 15.0 Å². The van der Waals surface area contributed by atoms with Gasteiger partial charge >= 0.3 is 0 Å². The molecule has 0 aliphatic carbocycles. The Kier molecular flexibility index (Phi) is 3.57. The summed E-state index contributed by atoms with van der Waals surface area (Å²) in [5.41, 5.74) is 5.58. The molecule has 0 aromatic carbocycles. The van der Waals surface area contributed by atoms with Crippen molar-refractivity contribution in [3.63, 3.8) is 0 Å². The molecule has 19 heavy (non-hydrogen) atoms. The van der Waals surface area contributed by atoms with E-state index in [-0.39, 0.29) is 0 Å². The third-order valence-corrected chi connectivity index (χ3v) is 3.58. The van der Waals surface area contributed by atoms with E-state index in [0.29, 0.717) is 11.8 Å². The molecule has 0 saturated carbocycles. The van der Waals surface area contributed by atoms with Gasteiger partial charge in [-0.2, -0.15) is 0 Å². The van der Waals surface area contributed by atoms with Crippen LogP contribution in [0.3, 0.4) is 0 Å². The van der Waals surface area contributed by atoms with Crippen molar-refractivity contribution in [3.05, 3.63) is 28.5 Å². The molecule has 0 N–H and O–H groups in total. The van der Waals surface area contributed by atoms with Gasteiger partial charge < -0.3 is 0 Å². The van der Waals surface area contributed by atoms with Crippen LogP contribution in [0, 0.1) is 20.8 Å². The van der Waals surface area contributed by atoms with Gasteiger partial charge in [0.25, 0.3) is 0 Å². The van der Waals surface area contributed by atoms with E-state index in [1.165, 1.54) is 10.9 Å². The second-order valence-electron chi connectivity index (χ2n) is 5.90. The van der Waals surface area contributed by atoms with Gasteiger partial charge in [-0.3, -0.25) is 4.98 Å². The maximum atomic E-state index is 4.79. The Bertz CT molecular complexity index is 613. The van der Waals surface area contributed by atoms with E-state index in [4.69, 9.17) is 4.98 Å². The first-order valence-corrected chi connectivity index (χ1v) is 6.98. The van der Waals surface area contributed by atoms with E-state index < -0.39 is 0 Å². The molecule has 0 unspecified atom stereocenters. The van der Waals surface area contributed by atoms with E-state index in [1.807, 2.05) is 6.92 Å². The molecule has 0 atom stereocenters. The second-order valence-corrected chi connectivity index (χ2v) is 5.90. The number of nitrogens with zero attached hydrogens (tertiary/aromatic N) is 3. The second kappa shape index (κ2) is 4.87. The standard InChI is InChI=1S/C16H23N3/c1-8(2)14-13-15(9(3)4)18-12(7)19-16(13)10(5)11(6)17-14/h8-9H,1-7H3. The number of fused-ring (bicyclic) bond motifs is 1. The topological polar surface area (TPSA) is 38.7 Å². The lowest BCUT2D eigenvalue weighted by Crippen LogP contribution is -2.08. The number of rotatable bonds is 2. The van der Waals surface area contributed by atoms with Gasteiger partial charge in [0.2, 0.25) is 0 Å². The summed E-state index contributed by atoms with van der Waals surface area (Å²) in [4.78, 5) is 14.1. The number of pyridine rings is 1. The van der Waals surface area contributed by atoms with Crippen molar-refractivity contribution < 1.29 is 0 Å². The summed E-state index contributed by atoms with van der Waals surface area (Å²) in [5.74, 6) is 1.61. The van der Waals surface area contributed by atoms with Crippen molar-refractivity contribution in [2.24, 2.45) is 0 Å². The normalized spacial score (nSPS) is 11.8. The van der Waals surface area contributed by atoms with Gasteiger partial charge in [-0.15, -0.1) is 0 Å². The molecule has 2 heterocycles. The van der Waals surface area contributed by atoms with Crippen LogP contribution in [0.25, 0.3) is 10.9 Å². The molecular weight excluding hydrogens is 234 g/mol. The Labute approximate surface area is 115 Å². The Morgan fingerprint density at radius 3 is 1.79 bits per heavy atom. The van der Waals surface area contributed by atoms with Gasteiger partial charge in [0.1, 0.15) is 5.82 Å². The van der Waals surface area contributed by atoms with Crippen LogP contribution >= 0.6 is 0 Å². The minimum Gasteiger partial charge on any atom is -0.257 e. The average Bonchev–Trinajstić information content (AvgIpc) is 2.32. The molecule has 0 amide bonds. The summed E-state index contributed by atoms with van der Waals surface area (Å²) in [6.45, 7) is 14.9. The lowest BCUT2D eigenvalue weighted by atomic mass is 9.96. The van der Waals surface area contributed by atoms with E-state index in [2.05, 4.69) is 51.5 Å². The molecule has 0 radical (unpaired) electrons. The van der Waals surface area contributed by atoms with Crippen molar-refractivity contribution in [3.8, 4) is 0 Å². The highest BCUT2D eigenvalue weighted by atomic mass is 14.9. The van der Waals surface area contributed by atoms with E-state index in [1.54, 1.807) is 0 Å². The van der Waals surface area contributed by atoms with Crippen LogP contribution in [0.5, 0.6) is 0 Å². The van der Waals surface area contributed by atoms with Gasteiger partial charge in [-0.25, -0.2) is 9.97 Å². The van der Waals surface area contributed by atoms with Crippen molar-refractivity contribution in [1.82, 2.24) is 15.0 Å². The van der Waals surface area contributed by atoms with Crippen LogP contribution in [0.2, 0.25) is 0 Å². The third-order valence-electron chi connectivity index (χ3n) is 3.58. The summed E-state index contributed by atoms with van der Waals surface area (Å²) in [7, 11) is 0. The highest BCUT2D eigenvalue weighted by Crippen LogP contribution is 2.31. The Morgan fingerprint density at radius 1 is 0.737 bits per heavy atom. The molecular formula is C16H23N3. The quantitative estimate of drug-likeness (QED) is 0.809. The van der Waals surface area contributed by atoms with Crippen LogP contribution in [0.4, 0.5) is 0 Å². The summed E-state index contributed by atoms with van der Waals surface area (Å²) >= 11 is 0. The molecule has 2 rings (SSSR count). The molecule has 3 heteroatoms. The van der Waals surface area contributed by atoms with Gasteiger partial charge in [0.05, 0.1) is 16.9 Å². The molecule has 2 aromatic heterocycles. The van der Waals surface area contributed by atoms with Crippen molar-refractivity contribution >= 4 is 10.9 Å². The van der Waals surface area contributed by atoms with Crippen LogP contribution in [0.1, 0.15) is 68.0 Å². The van der Waals surface area contributed by atoms with Gasteiger partial charge in [0.15, 0.2) is 0 Å². The lowest BCUT2D eigenvalue weighted by Gasteiger charge is -2.17. The monoisotopic (exact) mass is 257 g/mol. The lowest BCUT2D eigenvalue weighted by molar-refractivity contribution is 0.790. The predicted molar refractivity (Wildman–Crippen MR) is 79.7 cm³/mol. The number of hydrogen-bond donors (Lipinski definition) is 0. The van der Waals surface area contributed by atoms with Crippen molar-refractivity contribution in [2.45, 2.75) is 60.3 Å². The van der Waals surface area contributed by atoms with Crippen molar-refractivity contribution in [2.75, 3.05) is 0 Å². The predicted octanol–water partition coefficient (Wildman–Crippen LogP) is 4.20. The fourth-order valence-electron chi connectivity index (χ4n) is 2.45. The zero-order chi connectivity index (χ0) is 14.3. The largest absolute Gasteiger partial charge is 0.257 e. The third kappa shape index (κ3) is 2.34. The minimum absolute atomic E-state index is 0.380. The fraction of sp³-hybridized carbons (Fsp3) is 0.562. The van der Waals surface area contributed by atoms with Gasteiger partial charge in [-0.1, -0.05) is 27.7 Å². The zero-order valence-corrected chi connectivity index (χ0v) is 13.0. The van der Waals surface area contributed by atoms with Crippen LogP contribution in [-0.2, 0) is 0 Å².